The summed E-state index contributed by atoms with van der Waals surface area (Å²) in [4.78, 5) is 8.54. The van der Waals surface area contributed by atoms with Gasteiger partial charge in [-0.15, -0.1) is 4.52 Å². The lowest BCUT2D eigenvalue weighted by Gasteiger charge is -2.27. The number of imidazole rings is 1. The fourth-order valence-electron chi connectivity index (χ4n) is 3.88. The summed E-state index contributed by atoms with van der Waals surface area (Å²) in [5.74, 6) is 0. The first kappa shape index (κ1) is 23.9. The van der Waals surface area contributed by atoms with E-state index in [0.29, 0.717) is 17.6 Å². The Hall–Kier alpha value is -1.71. The van der Waals surface area contributed by atoms with Gasteiger partial charge in [0.2, 0.25) is 0 Å². The number of aromatic nitrogens is 4. The number of fused-ring (bicyclic) bond motifs is 1. The zero-order chi connectivity index (χ0) is 22.9. The normalized spacial score (nSPS) is 26.5. The molecule has 0 aromatic carbocycles. The molecule has 11 heteroatoms. The lowest BCUT2D eigenvalue weighted by atomic mass is 9.93. The summed E-state index contributed by atoms with van der Waals surface area (Å²) in [5.41, 5.74) is 0.171. The quantitative estimate of drug-likeness (QED) is 0.495. The van der Waals surface area contributed by atoms with Crippen molar-refractivity contribution >= 4 is 19.2 Å². The number of rotatable bonds is 9. The van der Waals surface area contributed by atoms with Gasteiger partial charge in [-0.3, -0.25) is 9.98 Å². The van der Waals surface area contributed by atoms with Crippen LogP contribution in [0.15, 0.2) is 12.7 Å². The predicted molar refractivity (Wildman–Crippen MR) is 115 cm³/mol. The van der Waals surface area contributed by atoms with Gasteiger partial charge in [0, 0.05) is 13.5 Å². The van der Waals surface area contributed by atoms with Gasteiger partial charge in [0.05, 0.1) is 18.8 Å². The van der Waals surface area contributed by atoms with Crippen LogP contribution in [0.5, 0.6) is 0 Å². The molecule has 2 unspecified atom stereocenters. The third kappa shape index (κ3) is 4.59. The van der Waals surface area contributed by atoms with Crippen molar-refractivity contribution in [2.75, 3.05) is 0 Å². The van der Waals surface area contributed by atoms with Crippen LogP contribution in [-0.2, 0) is 20.9 Å². The smallest absolute Gasteiger partial charge is 0.388 e. The van der Waals surface area contributed by atoms with Gasteiger partial charge in [-0.05, 0) is 30.8 Å². The van der Waals surface area contributed by atoms with Gasteiger partial charge in [0.15, 0.2) is 23.0 Å². The zero-order valence-electron chi connectivity index (χ0n) is 18.7. The average Bonchev–Trinajstić information content (AvgIpc) is 3.28. The van der Waals surface area contributed by atoms with Crippen LogP contribution >= 0.6 is 8.03 Å². The molecule has 172 valence electrons. The largest absolute Gasteiger partial charge is 0.511 e. The monoisotopic (exact) mass is 454 g/mol. The predicted octanol–water partition coefficient (Wildman–Crippen LogP) is 2.37. The standard InChI is InChI=1S/C20H33N5O5P/c1-6-12(7-2)31(28)30-20(4,8-3)9-13-15(26)16(27)19(29-13)25-11-22-14-17(21)24(5)10-23-18(14)25/h10-13,15-16,19,21,26-27H,6-9H2,1-5H3/q+1/t13-,15-,16-,19?,20-/m1/s1. The van der Waals surface area contributed by atoms with E-state index in [0.717, 1.165) is 12.8 Å². The van der Waals surface area contributed by atoms with Crippen molar-refractivity contribution in [3.63, 3.8) is 0 Å². The molecular weight excluding hydrogens is 421 g/mol. The van der Waals surface area contributed by atoms with Crippen LogP contribution in [-0.4, -0.2) is 58.9 Å². The second-order valence-electron chi connectivity index (χ2n) is 8.43. The van der Waals surface area contributed by atoms with E-state index in [-0.39, 0.29) is 17.6 Å². The number of aliphatic hydroxyl groups excluding tert-OH is 2. The number of nitrogens with one attached hydrogen (secondary N) is 1. The van der Waals surface area contributed by atoms with Gasteiger partial charge in [0.25, 0.3) is 0 Å². The van der Waals surface area contributed by atoms with Crippen molar-refractivity contribution in [2.24, 2.45) is 7.05 Å². The van der Waals surface area contributed by atoms with Crippen molar-refractivity contribution in [3.8, 4) is 0 Å². The van der Waals surface area contributed by atoms with Crippen LogP contribution in [0.2, 0.25) is 0 Å². The molecule has 3 rings (SSSR count). The van der Waals surface area contributed by atoms with Crippen molar-refractivity contribution in [2.45, 2.75) is 89.2 Å². The lowest BCUT2D eigenvalue weighted by molar-refractivity contribution is -0.0622. The Morgan fingerprint density at radius 3 is 2.55 bits per heavy atom. The number of aryl methyl sites for hydroxylation is 1. The first-order valence-corrected chi connectivity index (χ1v) is 12.0. The van der Waals surface area contributed by atoms with E-state index in [1.807, 2.05) is 27.7 Å². The number of hydrogen-bond donors (Lipinski definition) is 3. The topological polar surface area (TPSA) is 135 Å². The number of ether oxygens (including phenoxy) is 1. The highest BCUT2D eigenvalue weighted by molar-refractivity contribution is 7.40. The van der Waals surface area contributed by atoms with Crippen molar-refractivity contribution in [1.82, 2.24) is 19.1 Å². The molecule has 1 aliphatic rings. The molecule has 0 spiro atoms. The summed E-state index contributed by atoms with van der Waals surface area (Å²) in [7, 11) is -0.158. The summed E-state index contributed by atoms with van der Waals surface area (Å²) < 4.78 is 27.8. The fourth-order valence-corrected chi connectivity index (χ4v) is 5.26. The highest BCUT2D eigenvalue weighted by Crippen LogP contribution is 2.43. The van der Waals surface area contributed by atoms with Crippen molar-refractivity contribution < 1.29 is 24.0 Å². The number of aliphatic hydroxyl groups is 2. The fraction of sp³-hybridized carbons (Fsp3) is 0.750. The summed E-state index contributed by atoms with van der Waals surface area (Å²) >= 11 is 0. The summed E-state index contributed by atoms with van der Waals surface area (Å²) in [6, 6.07) is 0. The summed E-state index contributed by atoms with van der Waals surface area (Å²) in [6.07, 6.45) is 1.36. The van der Waals surface area contributed by atoms with Gasteiger partial charge >= 0.3 is 8.03 Å². The molecule has 0 bridgehead atoms. The van der Waals surface area contributed by atoms with Gasteiger partial charge in [0.1, 0.15) is 23.3 Å². The maximum absolute atomic E-state index is 12.7. The van der Waals surface area contributed by atoms with E-state index in [2.05, 4.69) is 9.97 Å². The van der Waals surface area contributed by atoms with E-state index in [9.17, 15) is 14.8 Å². The molecular formula is C20H33N5O5P+. The first-order valence-electron chi connectivity index (χ1n) is 10.8. The van der Waals surface area contributed by atoms with Crippen LogP contribution in [0.4, 0.5) is 0 Å². The Morgan fingerprint density at radius 2 is 1.94 bits per heavy atom. The van der Waals surface area contributed by atoms with Gasteiger partial charge in [-0.25, -0.2) is 9.97 Å². The molecule has 6 atom stereocenters. The van der Waals surface area contributed by atoms with Crippen molar-refractivity contribution in [1.29, 1.82) is 5.41 Å². The minimum absolute atomic E-state index is 0.0163. The third-order valence-electron chi connectivity index (χ3n) is 6.24. The minimum Gasteiger partial charge on any atom is -0.388 e. The Balaban J connectivity index is 1.81. The molecule has 31 heavy (non-hydrogen) atoms. The molecule has 2 aromatic rings. The highest BCUT2D eigenvalue weighted by atomic mass is 31.1. The molecule has 1 aliphatic heterocycles. The van der Waals surface area contributed by atoms with Crippen molar-refractivity contribution in [3.05, 3.63) is 18.1 Å². The second kappa shape index (κ2) is 9.42. The Labute approximate surface area is 182 Å². The van der Waals surface area contributed by atoms with Gasteiger partial charge < -0.3 is 19.5 Å². The SMILES string of the molecule is CCC(CC)[P+](=O)O[C@](C)(CC)C[C@H]1OC(n2cnc3c(=N)n(C)cnc32)[C@H](O)[C@@H]1O. The van der Waals surface area contributed by atoms with E-state index in [1.54, 1.807) is 7.05 Å². The third-order valence-corrected chi connectivity index (χ3v) is 8.19. The van der Waals surface area contributed by atoms with Crippen LogP contribution in [0.1, 0.15) is 59.6 Å². The number of nitrogens with zero attached hydrogens (tertiary/aromatic N) is 4. The van der Waals surface area contributed by atoms with Crippen LogP contribution in [0, 0.1) is 5.41 Å². The molecule has 3 heterocycles. The lowest BCUT2D eigenvalue weighted by Crippen LogP contribution is -2.38. The van der Waals surface area contributed by atoms with E-state index in [1.165, 1.54) is 21.8 Å². The maximum atomic E-state index is 12.7. The molecule has 2 aromatic heterocycles. The molecule has 0 radical (unpaired) electrons. The van der Waals surface area contributed by atoms with Crippen LogP contribution in [0.3, 0.4) is 0 Å². The highest BCUT2D eigenvalue weighted by Gasteiger charge is 2.49. The Morgan fingerprint density at radius 1 is 1.26 bits per heavy atom. The molecule has 1 saturated heterocycles. The van der Waals surface area contributed by atoms with Gasteiger partial charge in [-0.1, -0.05) is 20.8 Å². The molecule has 3 N–H and O–H groups in total. The van der Waals surface area contributed by atoms with E-state index < -0.39 is 38.2 Å². The molecule has 1 fully saturated rings. The molecule has 0 amide bonds. The van der Waals surface area contributed by atoms with E-state index in [4.69, 9.17) is 14.7 Å². The van der Waals surface area contributed by atoms with Crippen LogP contribution < -0.4 is 5.49 Å². The molecule has 0 aliphatic carbocycles. The average molecular weight is 454 g/mol. The first-order chi connectivity index (χ1) is 14.7. The zero-order valence-corrected chi connectivity index (χ0v) is 19.6. The molecule has 10 nitrogen and oxygen atoms in total. The Kier molecular flexibility index (Phi) is 7.28. The molecule has 0 saturated carbocycles. The maximum Gasteiger partial charge on any atom is 0.511 e. The van der Waals surface area contributed by atoms with Gasteiger partial charge in [-0.2, -0.15) is 0 Å². The second-order valence-corrected chi connectivity index (χ2v) is 9.91. The Bertz CT molecular complexity index is 990. The van der Waals surface area contributed by atoms with Crippen LogP contribution in [0.25, 0.3) is 11.2 Å². The summed E-state index contributed by atoms with van der Waals surface area (Å²) in [6.45, 7) is 7.78. The summed E-state index contributed by atoms with van der Waals surface area (Å²) in [5, 5.41) is 29.5. The minimum atomic E-state index is -1.86. The number of hydrogen-bond acceptors (Lipinski definition) is 8. The van der Waals surface area contributed by atoms with E-state index >= 15 is 0 Å².